The SMILES string of the molecule is COc1cc(-c2cc(F)ccc2F)cc2c(N3CC(F)(F)C3)nc(-c3cccnc3)nc12. The molecule has 2 aromatic carbocycles. The number of hydrogen-bond acceptors (Lipinski definition) is 5. The summed E-state index contributed by atoms with van der Waals surface area (Å²) in [5.74, 6) is -3.23. The topological polar surface area (TPSA) is 51.1 Å². The summed E-state index contributed by atoms with van der Waals surface area (Å²) in [6.07, 6.45) is 3.17. The van der Waals surface area contributed by atoms with Crippen molar-refractivity contribution >= 4 is 16.7 Å². The van der Waals surface area contributed by atoms with E-state index in [0.29, 0.717) is 27.9 Å². The molecule has 1 aliphatic heterocycles. The van der Waals surface area contributed by atoms with Gasteiger partial charge in [-0.2, -0.15) is 0 Å². The minimum Gasteiger partial charge on any atom is -0.494 e. The van der Waals surface area contributed by atoms with E-state index in [1.54, 1.807) is 30.6 Å². The summed E-state index contributed by atoms with van der Waals surface area (Å²) in [6, 6.07) is 9.69. The van der Waals surface area contributed by atoms with E-state index < -0.39 is 30.6 Å². The van der Waals surface area contributed by atoms with Crippen LogP contribution in [-0.2, 0) is 0 Å². The monoisotopic (exact) mass is 440 g/mol. The number of rotatable bonds is 4. The summed E-state index contributed by atoms with van der Waals surface area (Å²) in [5.41, 5.74) is 1.30. The smallest absolute Gasteiger partial charge is 0.282 e. The molecule has 0 aliphatic carbocycles. The molecule has 0 amide bonds. The van der Waals surface area contributed by atoms with Gasteiger partial charge in [-0.1, -0.05) is 0 Å². The van der Waals surface area contributed by atoms with Crippen molar-refractivity contribution in [3.8, 4) is 28.3 Å². The Hall–Kier alpha value is -3.75. The summed E-state index contributed by atoms with van der Waals surface area (Å²) in [5, 5.41) is 0.395. The Labute approximate surface area is 180 Å². The van der Waals surface area contributed by atoms with Crippen molar-refractivity contribution in [3.05, 3.63) is 66.5 Å². The first-order valence-electron chi connectivity index (χ1n) is 9.73. The summed E-state index contributed by atoms with van der Waals surface area (Å²) >= 11 is 0. The number of fused-ring (bicyclic) bond motifs is 1. The van der Waals surface area contributed by atoms with E-state index in [1.165, 1.54) is 18.1 Å². The van der Waals surface area contributed by atoms with Crippen LogP contribution in [0, 0.1) is 11.6 Å². The fourth-order valence-electron chi connectivity index (χ4n) is 3.74. The number of alkyl halides is 2. The van der Waals surface area contributed by atoms with Gasteiger partial charge in [-0.15, -0.1) is 0 Å². The number of aromatic nitrogens is 3. The van der Waals surface area contributed by atoms with Crippen molar-refractivity contribution < 1.29 is 22.3 Å². The van der Waals surface area contributed by atoms with Crippen LogP contribution < -0.4 is 9.64 Å². The molecule has 3 heterocycles. The number of halogens is 4. The quantitative estimate of drug-likeness (QED) is 0.413. The van der Waals surface area contributed by atoms with Crippen LogP contribution in [0.15, 0.2) is 54.9 Å². The second-order valence-corrected chi connectivity index (χ2v) is 7.52. The molecular weight excluding hydrogens is 424 g/mol. The van der Waals surface area contributed by atoms with Gasteiger partial charge < -0.3 is 9.64 Å². The lowest BCUT2D eigenvalue weighted by molar-refractivity contribution is -0.0265. The van der Waals surface area contributed by atoms with Crippen LogP contribution >= 0.6 is 0 Å². The zero-order valence-corrected chi connectivity index (χ0v) is 16.8. The molecule has 0 unspecified atom stereocenters. The van der Waals surface area contributed by atoms with Crippen molar-refractivity contribution in [1.29, 1.82) is 0 Å². The molecule has 32 heavy (non-hydrogen) atoms. The van der Waals surface area contributed by atoms with E-state index in [4.69, 9.17) is 4.74 Å². The van der Waals surface area contributed by atoms with Gasteiger partial charge in [0.25, 0.3) is 5.92 Å². The first-order chi connectivity index (χ1) is 15.3. The third-order valence-corrected chi connectivity index (χ3v) is 5.27. The van der Waals surface area contributed by atoms with E-state index in [-0.39, 0.29) is 17.1 Å². The van der Waals surface area contributed by atoms with Crippen LogP contribution in [0.5, 0.6) is 5.75 Å². The van der Waals surface area contributed by atoms with Crippen molar-refractivity contribution in [2.45, 2.75) is 5.92 Å². The number of ether oxygens (including phenoxy) is 1. The lowest BCUT2D eigenvalue weighted by Gasteiger charge is -2.40. The summed E-state index contributed by atoms with van der Waals surface area (Å²) in [4.78, 5) is 14.6. The van der Waals surface area contributed by atoms with Gasteiger partial charge >= 0.3 is 0 Å². The summed E-state index contributed by atoms with van der Waals surface area (Å²) in [6.45, 7) is -1.01. The average Bonchev–Trinajstić information content (AvgIpc) is 2.78. The molecule has 4 aromatic rings. The summed E-state index contributed by atoms with van der Waals surface area (Å²) in [7, 11) is 1.42. The number of nitrogens with zero attached hydrogens (tertiary/aromatic N) is 4. The number of hydrogen-bond donors (Lipinski definition) is 0. The Balaban J connectivity index is 1.77. The molecule has 2 aromatic heterocycles. The van der Waals surface area contributed by atoms with E-state index in [9.17, 15) is 17.6 Å². The largest absolute Gasteiger partial charge is 0.494 e. The average molecular weight is 440 g/mol. The molecule has 0 N–H and O–H groups in total. The fourth-order valence-corrected chi connectivity index (χ4v) is 3.74. The number of anilines is 1. The van der Waals surface area contributed by atoms with E-state index in [1.807, 2.05) is 0 Å². The standard InChI is InChI=1S/C23H16F4N4O/c1-32-19-8-14(16-9-15(24)4-5-18(16)25)7-17-20(19)29-21(13-3-2-6-28-10-13)30-22(17)31-11-23(26,27)12-31/h2-10H,11-12H2,1H3. The van der Waals surface area contributed by atoms with Crippen LogP contribution in [0.3, 0.4) is 0 Å². The highest BCUT2D eigenvalue weighted by atomic mass is 19.3. The van der Waals surface area contributed by atoms with Crippen LogP contribution in [0.25, 0.3) is 33.4 Å². The number of pyridine rings is 1. The predicted molar refractivity (Wildman–Crippen MR) is 112 cm³/mol. The maximum atomic E-state index is 14.5. The highest BCUT2D eigenvalue weighted by molar-refractivity contribution is 5.98. The molecule has 0 radical (unpaired) electrons. The van der Waals surface area contributed by atoms with Gasteiger partial charge in [0.1, 0.15) is 28.7 Å². The first kappa shape index (κ1) is 20.2. The third-order valence-electron chi connectivity index (χ3n) is 5.27. The maximum absolute atomic E-state index is 14.5. The molecule has 0 bridgehead atoms. The van der Waals surface area contributed by atoms with Crippen LogP contribution in [-0.4, -0.2) is 41.1 Å². The Morgan fingerprint density at radius 1 is 1.00 bits per heavy atom. The molecular formula is C23H16F4N4O. The lowest BCUT2D eigenvalue weighted by Crippen LogP contribution is -2.56. The highest BCUT2D eigenvalue weighted by Crippen LogP contribution is 2.40. The van der Waals surface area contributed by atoms with Gasteiger partial charge in [-0.05, 0) is 48.0 Å². The van der Waals surface area contributed by atoms with Crippen molar-refractivity contribution in [2.75, 3.05) is 25.1 Å². The highest BCUT2D eigenvalue weighted by Gasteiger charge is 2.45. The Morgan fingerprint density at radius 3 is 2.50 bits per heavy atom. The van der Waals surface area contributed by atoms with Gasteiger partial charge in [-0.3, -0.25) is 4.98 Å². The first-order valence-corrected chi connectivity index (χ1v) is 9.73. The Bertz CT molecular complexity index is 1320. The van der Waals surface area contributed by atoms with Crippen molar-refractivity contribution in [1.82, 2.24) is 15.0 Å². The number of benzene rings is 2. The van der Waals surface area contributed by atoms with Gasteiger partial charge in [0, 0.05) is 28.9 Å². The second kappa shape index (κ2) is 7.44. The fraction of sp³-hybridized carbons (Fsp3) is 0.174. The molecule has 5 nitrogen and oxygen atoms in total. The number of methoxy groups -OCH3 is 1. The zero-order chi connectivity index (χ0) is 22.5. The van der Waals surface area contributed by atoms with E-state index >= 15 is 0 Å². The van der Waals surface area contributed by atoms with Crippen LogP contribution in [0.4, 0.5) is 23.4 Å². The third kappa shape index (κ3) is 3.49. The normalized spacial score (nSPS) is 15.0. The molecule has 9 heteroatoms. The zero-order valence-electron chi connectivity index (χ0n) is 16.8. The van der Waals surface area contributed by atoms with Crippen LogP contribution in [0.1, 0.15) is 0 Å². The van der Waals surface area contributed by atoms with Gasteiger partial charge in [0.2, 0.25) is 0 Å². The Kier molecular flexibility index (Phi) is 4.69. The second-order valence-electron chi connectivity index (χ2n) is 7.52. The molecule has 0 saturated carbocycles. The molecule has 1 fully saturated rings. The van der Waals surface area contributed by atoms with Crippen molar-refractivity contribution in [3.63, 3.8) is 0 Å². The molecule has 1 saturated heterocycles. The molecule has 1 aliphatic rings. The lowest BCUT2D eigenvalue weighted by atomic mass is 10.0. The van der Waals surface area contributed by atoms with E-state index in [2.05, 4.69) is 15.0 Å². The van der Waals surface area contributed by atoms with Gasteiger partial charge in [0.05, 0.1) is 20.2 Å². The summed E-state index contributed by atoms with van der Waals surface area (Å²) < 4.78 is 61.1. The molecule has 5 rings (SSSR count). The molecule has 0 atom stereocenters. The predicted octanol–water partition coefficient (Wildman–Crippen LogP) is 5.10. The van der Waals surface area contributed by atoms with Gasteiger partial charge in [-0.25, -0.2) is 27.5 Å². The minimum atomic E-state index is -2.83. The molecule has 0 spiro atoms. The maximum Gasteiger partial charge on any atom is 0.282 e. The Morgan fingerprint density at radius 2 is 1.81 bits per heavy atom. The van der Waals surface area contributed by atoms with Gasteiger partial charge in [0.15, 0.2) is 5.82 Å². The van der Waals surface area contributed by atoms with E-state index in [0.717, 1.165) is 18.2 Å². The van der Waals surface area contributed by atoms with Crippen LogP contribution in [0.2, 0.25) is 0 Å². The van der Waals surface area contributed by atoms with Crippen molar-refractivity contribution in [2.24, 2.45) is 0 Å². The minimum absolute atomic E-state index is 0.0152. The molecule has 162 valence electrons.